The van der Waals surface area contributed by atoms with Crippen molar-refractivity contribution < 1.29 is 18.3 Å². The maximum atomic E-state index is 13.1. The lowest BCUT2D eigenvalue weighted by Gasteiger charge is -2.10. The topological polar surface area (TPSA) is 63.5 Å². The minimum atomic E-state index is -0.831. The summed E-state index contributed by atoms with van der Waals surface area (Å²) in [5, 5.41) is 6.71. The molecule has 5 nitrogen and oxygen atoms in total. The number of hydrogen-bond acceptors (Lipinski definition) is 4. The molecule has 1 aromatic carbocycles. The summed E-state index contributed by atoms with van der Waals surface area (Å²) in [7, 11) is 1.58. The molecule has 118 valence electrons. The Kier molecular flexibility index (Phi) is 4.02. The van der Waals surface area contributed by atoms with Gasteiger partial charge in [-0.05, 0) is 25.5 Å². The summed E-state index contributed by atoms with van der Waals surface area (Å²) >= 11 is 0. The lowest BCUT2D eigenvalue weighted by molar-refractivity contribution is 0.0923. The van der Waals surface area contributed by atoms with Crippen molar-refractivity contribution >= 4 is 16.9 Å². The standard InChI is InChI=1S/C16H19FN2O3/c1-9-13-4-3-12(21-2)6-14(13)22-15(9)16(20)19-8-11-5-10(17)7-18-11/h3-4,6,10-11,18H,5,7-8H2,1-2H3,(H,19,20). The quantitative estimate of drug-likeness (QED) is 0.909. The first-order valence-corrected chi connectivity index (χ1v) is 7.31. The van der Waals surface area contributed by atoms with Crippen LogP contribution in [0.15, 0.2) is 22.6 Å². The number of halogens is 1. The van der Waals surface area contributed by atoms with E-state index in [1.165, 1.54) is 0 Å². The fourth-order valence-electron chi connectivity index (χ4n) is 2.77. The highest BCUT2D eigenvalue weighted by Gasteiger charge is 2.25. The molecule has 1 amide bonds. The molecule has 22 heavy (non-hydrogen) atoms. The number of carbonyl (C=O) groups is 1. The first-order valence-electron chi connectivity index (χ1n) is 7.31. The highest BCUT2D eigenvalue weighted by molar-refractivity contribution is 5.99. The summed E-state index contributed by atoms with van der Waals surface area (Å²) in [6.07, 6.45) is -0.404. The number of furan rings is 1. The number of alkyl halides is 1. The molecule has 0 aliphatic carbocycles. The van der Waals surface area contributed by atoms with Crippen molar-refractivity contribution in [2.24, 2.45) is 0 Å². The third-order valence-electron chi connectivity index (χ3n) is 4.03. The number of rotatable bonds is 4. The second-order valence-corrected chi connectivity index (χ2v) is 5.57. The van der Waals surface area contributed by atoms with Crippen LogP contribution < -0.4 is 15.4 Å². The summed E-state index contributed by atoms with van der Waals surface area (Å²) in [4.78, 5) is 12.3. The van der Waals surface area contributed by atoms with Crippen LogP contribution in [0, 0.1) is 6.92 Å². The van der Waals surface area contributed by atoms with E-state index in [4.69, 9.17) is 9.15 Å². The molecular weight excluding hydrogens is 287 g/mol. The van der Waals surface area contributed by atoms with Gasteiger partial charge in [0.05, 0.1) is 7.11 Å². The van der Waals surface area contributed by atoms with Gasteiger partial charge < -0.3 is 19.8 Å². The summed E-state index contributed by atoms with van der Waals surface area (Å²) in [6, 6.07) is 5.43. The molecule has 1 fully saturated rings. The van der Waals surface area contributed by atoms with E-state index in [1.54, 1.807) is 13.2 Å². The number of nitrogens with one attached hydrogen (secondary N) is 2. The Morgan fingerprint density at radius 1 is 1.55 bits per heavy atom. The molecular formula is C16H19FN2O3. The predicted octanol–water partition coefficient (Wildman–Crippen LogP) is 2.18. The van der Waals surface area contributed by atoms with Gasteiger partial charge in [0.1, 0.15) is 17.5 Å². The second kappa shape index (κ2) is 5.96. The maximum absolute atomic E-state index is 13.1. The van der Waals surface area contributed by atoms with E-state index in [0.717, 1.165) is 10.9 Å². The summed E-state index contributed by atoms with van der Waals surface area (Å²) < 4.78 is 23.9. The van der Waals surface area contributed by atoms with E-state index in [9.17, 15) is 9.18 Å². The number of aryl methyl sites for hydroxylation is 1. The van der Waals surface area contributed by atoms with Crippen LogP contribution in [0.2, 0.25) is 0 Å². The number of hydrogen-bond donors (Lipinski definition) is 2. The van der Waals surface area contributed by atoms with Crippen LogP contribution in [0.5, 0.6) is 5.75 Å². The fraction of sp³-hybridized carbons (Fsp3) is 0.438. The average molecular weight is 306 g/mol. The lowest BCUT2D eigenvalue weighted by Crippen LogP contribution is -2.37. The smallest absolute Gasteiger partial charge is 0.287 e. The third kappa shape index (κ3) is 2.78. The zero-order valence-electron chi connectivity index (χ0n) is 12.6. The van der Waals surface area contributed by atoms with Crippen molar-refractivity contribution in [2.75, 3.05) is 20.2 Å². The van der Waals surface area contributed by atoms with Gasteiger partial charge >= 0.3 is 0 Å². The molecule has 2 unspecified atom stereocenters. The van der Waals surface area contributed by atoms with Gasteiger partial charge in [-0.1, -0.05) is 0 Å². The van der Waals surface area contributed by atoms with Crippen molar-refractivity contribution in [1.29, 1.82) is 0 Å². The van der Waals surface area contributed by atoms with Crippen LogP contribution in [0.4, 0.5) is 4.39 Å². The highest BCUT2D eigenvalue weighted by atomic mass is 19.1. The zero-order valence-corrected chi connectivity index (χ0v) is 12.6. The van der Waals surface area contributed by atoms with Gasteiger partial charge in [-0.3, -0.25) is 4.79 Å². The molecule has 2 aromatic rings. The van der Waals surface area contributed by atoms with E-state index in [-0.39, 0.29) is 17.7 Å². The van der Waals surface area contributed by atoms with Crippen molar-refractivity contribution in [2.45, 2.75) is 25.6 Å². The molecule has 3 rings (SSSR count). The molecule has 0 spiro atoms. The van der Waals surface area contributed by atoms with E-state index >= 15 is 0 Å². The van der Waals surface area contributed by atoms with E-state index in [0.29, 0.717) is 30.8 Å². The summed E-state index contributed by atoms with van der Waals surface area (Å²) in [5.74, 6) is 0.687. The molecule has 1 aliphatic rings. The summed E-state index contributed by atoms with van der Waals surface area (Å²) in [5.41, 5.74) is 1.41. The molecule has 0 bridgehead atoms. The Bertz CT molecular complexity index is 698. The Morgan fingerprint density at radius 3 is 3.05 bits per heavy atom. The lowest BCUT2D eigenvalue weighted by atomic mass is 10.1. The molecule has 6 heteroatoms. The minimum Gasteiger partial charge on any atom is -0.497 e. The average Bonchev–Trinajstić information content (AvgIpc) is 3.08. The van der Waals surface area contributed by atoms with Gasteiger partial charge in [0, 0.05) is 36.1 Å². The number of amides is 1. The minimum absolute atomic E-state index is 0.0243. The Hall–Kier alpha value is -2.08. The van der Waals surface area contributed by atoms with Crippen molar-refractivity contribution in [3.05, 3.63) is 29.5 Å². The highest BCUT2D eigenvalue weighted by Crippen LogP contribution is 2.28. The van der Waals surface area contributed by atoms with Gasteiger partial charge in [0.15, 0.2) is 5.76 Å². The second-order valence-electron chi connectivity index (χ2n) is 5.57. The number of ether oxygens (including phenoxy) is 1. The SMILES string of the molecule is COc1ccc2c(C)c(C(=O)NCC3CC(F)CN3)oc2c1. The fourth-order valence-corrected chi connectivity index (χ4v) is 2.77. The maximum Gasteiger partial charge on any atom is 0.287 e. The molecule has 2 N–H and O–H groups in total. The number of benzene rings is 1. The van der Waals surface area contributed by atoms with E-state index in [2.05, 4.69) is 10.6 Å². The molecule has 1 aliphatic heterocycles. The van der Waals surface area contributed by atoms with Crippen LogP contribution >= 0.6 is 0 Å². The molecule has 2 atom stereocenters. The predicted molar refractivity (Wildman–Crippen MR) is 81.1 cm³/mol. The summed E-state index contributed by atoms with van der Waals surface area (Å²) in [6.45, 7) is 2.59. The van der Waals surface area contributed by atoms with Crippen LogP contribution in [-0.2, 0) is 0 Å². The van der Waals surface area contributed by atoms with Gasteiger partial charge in [0.25, 0.3) is 5.91 Å². The van der Waals surface area contributed by atoms with Crippen LogP contribution in [0.1, 0.15) is 22.5 Å². The first-order chi connectivity index (χ1) is 10.6. The van der Waals surface area contributed by atoms with Crippen LogP contribution in [-0.4, -0.2) is 38.3 Å². The van der Waals surface area contributed by atoms with Crippen molar-refractivity contribution in [3.63, 3.8) is 0 Å². The molecule has 0 saturated carbocycles. The van der Waals surface area contributed by atoms with Crippen molar-refractivity contribution in [1.82, 2.24) is 10.6 Å². The Labute approximate surface area is 127 Å². The van der Waals surface area contributed by atoms with E-state index in [1.807, 2.05) is 19.1 Å². The molecule has 1 saturated heterocycles. The van der Waals surface area contributed by atoms with E-state index < -0.39 is 6.17 Å². The molecule has 1 aromatic heterocycles. The zero-order chi connectivity index (χ0) is 15.7. The first kappa shape index (κ1) is 14.8. The number of fused-ring (bicyclic) bond motifs is 1. The largest absolute Gasteiger partial charge is 0.497 e. The van der Waals surface area contributed by atoms with Gasteiger partial charge in [-0.15, -0.1) is 0 Å². The van der Waals surface area contributed by atoms with Crippen LogP contribution in [0.3, 0.4) is 0 Å². The Balaban J connectivity index is 1.74. The van der Waals surface area contributed by atoms with Gasteiger partial charge in [-0.2, -0.15) is 0 Å². The van der Waals surface area contributed by atoms with Gasteiger partial charge in [-0.25, -0.2) is 4.39 Å². The monoisotopic (exact) mass is 306 g/mol. The van der Waals surface area contributed by atoms with Crippen LogP contribution in [0.25, 0.3) is 11.0 Å². The Morgan fingerprint density at radius 2 is 2.36 bits per heavy atom. The molecule has 2 heterocycles. The van der Waals surface area contributed by atoms with Gasteiger partial charge in [0.2, 0.25) is 0 Å². The number of methoxy groups -OCH3 is 1. The molecule has 0 radical (unpaired) electrons. The van der Waals surface area contributed by atoms with Crippen molar-refractivity contribution in [3.8, 4) is 5.75 Å². The number of carbonyl (C=O) groups excluding carboxylic acids is 1. The third-order valence-corrected chi connectivity index (χ3v) is 4.03. The normalized spacial score (nSPS) is 21.2.